The van der Waals surface area contributed by atoms with Crippen LogP contribution in [0.3, 0.4) is 0 Å². The summed E-state index contributed by atoms with van der Waals surface area (Å²) in [6.07, 6.45) is 7.86. The van der Waals surface area contributed by atoms with E-state index in [1.54, 1.807) is 9.25 Å². The normalized spacial score (nSPS) is 11.2. The summed E-state index contributed by atoms with van der Waals surface area (Å²) in [5.41, 5.74) is 10.5. The molecule has 0 saturated carbocycles. The van der Waals surface area contributed by atoms with Crippen molar-refractivity contribution < 1.29 is 0 Å². The Morgan fingerprint density at radius 2 is 1.91 bits per heavy atom. The first-order chi connectivity index (χ1) is 16.0. The molecule has 0 amide bonds. The topological polar surface area (TPSA) is 91.6 Å². The van der Waals surface area contributed by atoms with Crippen molar-refractivity contribution in [2.45, 2.75) is 26.8 Å². The molecule has 5 rings (SSSR count). The van der Waals surface area contributed by atoms with E-state index in [1.807, 2.05) is 55.5 Å². The van der Waals surface area contributed by atoms with Crippen molar-refractivity contribution in [1.29, 1.82) is 0 Å². The molecule has 0 aliphatic rings. The summed E-state index contributed by atoms with van der Waals surface area (Å²) >= 11 is 0. The predicted octanol–water partition coefficient (Wildman–Crippen LogP) is 3.61. The van der Waals surface area contributed by atoms with Crippen LogP contribution in [0.2, 0.25) is 0 Å². The van der Waals surface area contributed by atoms with Gasteiger partial charge in [-0.2, -0.15) is 5.10 Å². The molecule has 7 nitrogen and oxygen atoms in total. The van der Waals surface area contributed by atoms with Crippen LogP contribution < -0.4 is 11.3 Å². The van der Waals surface area contributed by atoms with E-state index in [1.165, 1.54) is 6.33 Å². The minimum atomic E-state index is -0.0655. The molecular formula is C26H22N6O. The lowest BCUT2D eigenvalue weighted by Gasteiger charge is -2.18. The highest BCUT2D eigenvalue weighted by molar-refractivity contribution is 5.90. The zero-order chi connectivity index (χ0) is 23.1. The maximum Gasteiger partial charge on any atom is 0.263 e. The summed E-state index contributed by atoms with van der Waals surface area (Å²) in [6, 6.07) is 15.8. The van der Waals surface area contributed by atoms with E-state index >= 15 is 0 Å². The van der Waals surface area contributed by atoms with Crippen LogP contribution in [0, 0.1) is 19.3 Å². The van der Waals surface area contributed by atoms with Crippen LogP contribution in [0.4, 0.5) is 5.82 Å². The molecular weight excluding hydrogens is 412 g/mol. The Morgan fingerprint density at radius 1 is 1.09 bits per heavy atom. The summed E-state index contributed by atoms with van der Waals surface area (Å²) in [5.74, 6) is 2.85. The van der Waals surface area contributed by atoms with Gasteiger partial charge >= 0.3 is 0 Å². The van der Waals surface area contributed by atoms with E-state index in [0.29, 0.717) is 22.1 Å². The van der Waals surface area contributed by atoms with E-state index in [-0.39, 0.29) is 17.9 Å². The van der Waals surface area contributed by atoms with E-state index in [4.69, 9.17) is 12.2 Å². The zero-order valence-corrected chi connectivity index (χ0v) is 18.4. The van der Waals surface area contributed by atoms with Gasteiger partial charge in [0, 0.05) is 5.69 Å². The number of anilines is 1. The van der Waals surface area contributed by atoms with Gasteiger partial charge in [0.1, 0.15) is 17.8 Å². The summed E-state index contributed by atoms with van der Waals surface area (Å²) in [7, 11) is 0. The van der Waals surface area contributed by atoms with E-state index in [0.717, 1.165) is 34.3 Å². The summed E-state index contributed by atoms with van der Waals surface area (Å²) < 4.78 is 3.46. The molecule has 7 heteroatoms. The molecule has 2 N–H and O–H groups in total. The second kappa shape index (κ2) is 7.92. The van der Waals surface area contributed by atoms with Crippen molar-refractivity contribution in [2.75, 3.05) is 5.73 Å². The third kappa shape index (κ3) is 3.24. The van der Waals surface area contributed by atoms with Crippen molar-refractivity contribution in [3.63, 3.8) is 0 Å². The van der Waals surface area contributed by atoms with Gasteiger partial charge in [-0.1, -0.05) is 43.3 Å². The monoisotopic (exact) mass is 434 g/mol. The largest absolute Gasteiger partial charge is 0.383 e. The van der Waals surface area contributed by atoms with Crippen LogP contribution in [-0.2, 0) is 13.0 Å². The van der Waals surface area contributed by atoms with Gasteiger partial charge in [0.15, 0.2) is 5.65 Å². The average Bonchev–Trinajstić information content (AvgIpc) is 3.18. The van der Waals surface area contributed by atoms with Crippen molar-refractivity contribution in [2.24, 2.45) is 0 Å². The third-order valence-electron chi connectivity index (χ3n) is 5.95. The van der Waals surface area contributed by atoms with Crippen LogP contribution in [-0.4, -0.2) is 24.3 Å². The van der Waals surface area contributed by atoms with Gasteiger partial charge < -0.3 is 5.73 Å². The lowest BCUT2D eigenvalue weighted by molar-refractivity contribution is 0.667. The van der Waals surface area contributed by atoms with Gasteiger partial charge in [0.2, 0.25) is 0 Å². The molecule has 0 saturated heterocycles. The van der Waals surface area contributed by atoms with Crippen molar-refractivity contribution in [3.05, 3.63) is 87.7 Å². The molecule has 3 heterocycles. The number of pyridine rings is 1. The molecule has 0 spiro atoms. The van der Waals surface area contributed by atoms with Gasteiger partial charge in [-0.15, -0.1) is 6.42 Å². The molecule has 0 radical (unpaired) electrons. The molecule has 0 unspecified atom stereocenters. The molecule has 0 aliphatic heterocycles. The Labute approximate surface area is 190 Å². The lowest BCUT2D eigenvalue weighted by Crippen LogP contribution is -2.25. The van der Waals surface area contributed by atoms with E-state index in [2.05, 4.69) is 27.9 Å². The smallest absolute Gasteiger partial charge is 0.263 e. The predicted molar refractivity (Wildman–Crippen MR) is 130 cm³/mol. The first kappa shape index (κ1) is 20.5. The van der Waals surface area contributed by atoms with E-state index in [9.17, 15) is 4.79 Å². The van der Waals surface area contributed by atoms with Crippen LogP contribution in [0.1, 0.15) is 29.4 Å². The number of nitrogens with two attached hydrogens (primary N) is 1. The number of rotatable bonds is 4. The lowest BCUT2D eigenvalue weighted by atomic mass is 10.0. The number of terminal acetylenes is 1. The molecule has 0 fully saturated rings. The highest BCUT2D eigenvalue weighted by atomic mass is 16.1. The van der Waals surface area contributed by atoms with Crippen molar-refractivity contribution in [3.8, 4) is 18.0 Å². The highest BCUT2D eigenvalue weighted by Crippen LogP contribution is 2.25. The van der Waals surface area contributed by atoms with Gasteiger partial charge in [-0.25, -0.2) is 14.6 Å². The number of hydrogen-bond donors (Lipinski definition) is 1. The standard InChI is InChI=1S/C26H22N6O/c1-4-17-10-6-7-12-21(17)32-19(13-18-11-8-9-16(3)22(18)26(32)33)14-31-25-23(20(5-2)30-31)24(27)28-15-29-25/h2,6-13,15H,4,14H2,1,3H3,(H2,27,28,29). The molecule has 162 valence electrons. The van der Waals surface area contributed by atoms with Crippen molar-refractivity contribution in [1.82, 2.24) is 24.3 Å². The third-order valence-corrected chi connectivity index (χ3v) is 5.95. The second-order valence-corrected chi connectivity index (χ2v) is 7.91. The number of hydrogen-bond acceptors (Lipinski definition) is 5. The van der Waals surface area contributed by atoms with Gasteiger partial charge in [-0.3, -0.25) is 9.36 Å². The molecule has 0 atom stereocenters. The Bertz CT molecular complexity index is 1640. The first-order valence-electron chi connectivity index (χ1n) is 10.7. The van der Waals surface area contributed by atoms with Crippen LogP contribution in [0.15, 0.2) is 59.7 Å². The molecule has 33 heavy (non-hydrogen) atoms. The Balaban J connectivity index is 1.83. The fourth-order valence-electron chi connectivity index (χ4n) is 4.39. The molecule has 0 aliphatic carbocycles. The Kier molecular flexibility index (Phi) is 4.91. The summed E-state index contributed by atoms with van der Waals surface area (Å²) in [4.78, 5) is 22.3. The zero-order valence-electron chi connectivity index (χ0n) is 18.4. The number of nitrogen functional groups attached to an aromatic ring is 1. The SMILES string of the molecule is C#Cc1nn(Cc2cc3cccc(C)c3c(=O)n2-c2ccccc2CC)c2ncnc(N)c12. The van der Waals surface area contributed by atoms with Gasteiger partial charge in [0.25, 0.3) is 5.56 Å². The maximum atomic E-state index is 13.9. The number of nitrogens with zero attached hydrogens (tertiary/aromatic N) is 5. The minimum Gasteiger partial charge on any atom is -0.383 e. The number of benzene rings is 2. The average molecular weight is 435 g/mol. The second-order valence-electron chi connectivity index (χ2n) is 7.91. The van der Waals surface area contributed by atoms with Crippen LogP contribution in [0.5, 0.6) is 0 Å². The van der Waals surface area contributed by atoms with Crippen LogP contribution in [0.25, 0.3) is 27.5 Å². The quantitative estimate of drug-likeness (QED) is 0.436. The van der Waals surface area contributed by atoms with Crippen molar-refractivity contribution >= 4 is 27.6 Å². The molecule has 3 aromatic heterocycles. The number of fused-ring (bicyclic) bond motifs is 2. The van der Waals surface area contributed by atoms with Gasteiger partial charge in [-0.05, 0) is 47.9 Å². The highest BCUT2D eigenvalue weighted by Gasteiger charge is 2.19. The summed E-state index contributed by atoms with van der Waals surface area (Å²) in [6.45, 7) is 4.32. The van der Waals surface area contributed by atoms with Crippen LogP contribution >= 0.6 is 0 Å². The first-order valence-corrected chi connectivity index (χ1v) is 10.7. The molecule has 0 bridgehead atoms. The minimum absolute atomic E-state index is 0.0655. The van der Waals surface area contributed by atoms with E-state index < -0.39 is 0 Å². The molecule has 5 aromatic rings. The maximum absolute atomic E-state index is 13.9. The number of aryl methyl sites for hydroxylation is 2. The molecule has 2 aromatic carbocycles. The number of aromatic nitrogens is 5. The fourth-order valence-corrected chi connectivity index (χ4v) is 4.39. The summed E-state index contributed by atoms with van der Waals surface area (Å²) in [5, 5.41) is 6.67. The fraction of sp³-hybridized carbons (Fsp3) is 0.154. The Morgan fingerprint density at radius 3 is 2.70 bits per heavy atom. The number of para-hydroxylation sites is 1. The Hall–Kier alpha value is -4.44. The van der Waals surface area contributed by atoms with Gasteiger partial charge in [0.05, 0.1) is 23.0 Å².